The zero-order valence-electron chi connectivity index (χ0n) is 17.4. The van der Waals surface area contributed by atoms with Crippen LogP contribution in [0.4, 0.5) is 13.2 Å². The molecule has 8 heteroatoms. The molecule has 0 saturated carbocycles. The Morgan fingerprint density at radius 1 is 1.10 bits per heavy atom. The fourth-order valence-corrected chi connectivity index (χ4v) is 3.28. The fourth-order valence-electron chi connectivity index (χ4n) is 3.28. The molecular formula is C23H24F3N3O2. The topological polar surface area (TPSA) is 47.4 Å². The van der Waals surface area contributed by atoms with Gasteiger partial charge >= 0.3 is 6.36 Å². The Kier molecular flexibility index (Phi) is 6.99. The molecule has 0 radical (unpaired) electrons. The number of amides is 1. The summed E-state index contributed by atoms with van der Waals surface area (Å²) in [6.45, 7) is 5.27. The van der Waals surface area contributed by atoms with E-state index in [0.717, 1.165) is 12.8 Å². The Labute approximate surface area is 179 Å². The molecule has 0 aliphatic heterocycles. The van der Waals surface area contributed by atoms with Gasteiger partial charge in [0.05, 0.1) is 12.5 Å². The van der Waals surface area contributed by atoms with Crippen LogP contribution in [0.1, 0.15) is 37.2 Å². The van der Waals surface area contributed by atoms with Gasteiger partial charge in [-0.25, -0.2) is 4.98 Å². The lowest BCUT2D eigenvalue weighted by Gasteiger charge is -2.21. The van der Waals surface area contributed by atoms with E-state index in [2.05, 4.69) is 16.6 Å². The highest BCUT2D eigenvalue weighted by atomic mass is 19.4. The smallest absolute Gasteiger partial charge is 0.406 e. The number of imidazole rings is 1. The van der Waals surface area contributed by atoms with Crippen LogP contribution in [0.25, 0.3) is 16.8 Å². The van der Waals surface area contributed by atoms with Gasteiger partial charge in [0.2, 0.25) is 0 Å². The minimum atomic E-state index is -4.75. The molecule has 1 aromatic heterocycles. The second-order valence-electron chi connectivity index (χ2n) is 7.01. The van der Waals surface area contributed by atoms with Crippen LogP contribution in [0.2, 0.25) is 0 Å². The normalized spacial score (nSPS) is 11.4. The maximum atomic E-state index is 13.0. The molecule has 0 unspecified atom stereocenters. The molecule has 0 saturated heterocycles. The van der Waals surface area contributed by atoms with Crippen molar-refractivity contribution in [2.75, 3.05) is 13.1 Å². The molecule has 0 bridgehead atoms. The van der Waals surface area contributed by atoms with Gasteiger partial charge in [-0.1, -0.05) is 37.6 Å². The van der Waals surface area contributed by atoms with Crippen LogP contribution in [0.15, 0.2) is 61.1 Å². The number of alkyl halides is 3. The van der Waals surface area contributed by atoms with Crippen molar-refractivity contribution in [1.82, 2.24) is 14.5 Å². The summed E-state index contributed by atoms with van der Waals surface area (Å²) >= 11 is 0. The van der Waals surface area contributed by atoms with Crippen molar-refractivity contribution in [1.29, 1.82) is 0 Å². The SMILES string of the molecule is CCCCN(CC)C(=O)c1cncn1-c1cccc(-c2cccc(OC(F)(F)F)c2)c1. The van der Waals surface area contributed by atoms with Gasteiger partial charge in [0.25, 0.3) is 5.91 Å². The van der Waals surface area contributed by atoms with E-state index in [0.29, 0.717) is 35.6 Å². The van der Waals surface area contributed by atoms with Crippen LogP contribution in [-0.4, -0.2) is 39.8 Å². The van der Waals surface area contributed by atoms with Gasteiger partial charge in [-0.3, -0.25) is 9.36 Å². The van der Waals surface area contributed by atoms with Crippen molar-refractivity contribution in [3.8, 4) is 22.6 Å². The van der Waals surface area contributed by atoms with E-state index >= 15 is 0 Å². The van der Waals surface area contributed by atoms with Crippen LogP contribution >= 0.6 is 0 Å². The van der Waals surface area contributed by atoms with Crippen LogP contribution in [0.5, 0.6) is 5.75 Å². The Morgan fingerprint density at radius 3 is 2.48 bits per heavy atom. The van der Waals surface area contributed by atoms with E-state index in [1.807, 2.05) is 13.0 Å². The molecular weight excluding hydrogens is 407 g/mol. The van der Waals surface area contributed by atoms with Crippen molar-refractivity contribution >= 4 is 5.91 Å². The van der Waals surface area contributed by atoms with Crippen molar-refractivity contribution in [3.05, 3.63) is 66.7 Å². The lowest BCUT2D eigenvalue weighted by atomic mass is 10.0. The molecule has 0 spiro atoms. The van der Waals surface area contributed by atoms with Crippen LogP contribution < -0.4 is 4.74 Å². The first-order valence-electron chi connectivity index (χ1n) is 10.1. The van der Waals surface area contributed by atoms with Crippen LogP contribution in [0, 0.1) is 0 Å². The first-order chi connectivity index (χ1) is 14.8. The second kappa shape index (κ2) is 9.68. The number of hydrogen-bond acceptors (Lipinski definition) is 3. The molecule has 1 amide bonds. The Morgan fingerprint density at radius 2 is 1.81 bits per heavy atom. The van der Waals surface area contributed by atoms with Crippen molar-refractivity contribution < 1.29 is 22.7 Å². The highest BCUT2D eigenvalue weighted by molar-refractivity contribution is 5.93. The van der Waals surface area contributed by atoms with Gasteiger partial charge in [0, 0.05) is 18.8 Å². The zero-order chi connectivity index (χ0) is 22.4. The number of aromatic nitrogens is 2. The van der Waals surface area contributed by atoms with E-state index in [9.17, 15) is 18.0 Å². The number of carbonyl (C=O) groups is 1. The average molecular weight is 431 g/mol. The van der Waals surface area contributed by atoms with E-state index in [1.54, 1.807) is 40.1 Å². The first kappa shape index (κ1) is 22.4. The molecule has 5 nitrogen and oxygen atoms in total. The molecule has 0 fully saturated rings. The number of rotatable bonds is 8. The molecule has 0 aliphatic carbocycles. The maximum Gasteiger partial charge on any atom is 0.573 e. The Bertz CT molecular complexity index is 1030. The highest BCUT2D eigenvalue weighted by Gasteiger charge is 2.31. The van der Waals surface area contributed by atoms with Crippen molar-refractivity contribution in [2.45, 2.75) is 33.1 Å². The number of carbonyl (C=O) groups excluding carboxylic acids is 1. The highest BCUT2D eigenvalue weighted by Crippen LogP contribution is 2.29. The average Bonchev–Trinajstić information content (AvgIpc) is 3.23. The van der Waals surface area contributed by atoms with Gasteiger partial charge in [-0.05, 0) is 48.7 Å². The van der Waals surface area contributed by atoms with Gasteiger partial charge in [0.1, 0.15) is 11.4 Å². The number of halogens is 3. The Balaban J connectivity index is 1.91. The molecule has 0 atom stereocenters. The molecule has 1 heterocycles. The molecule has 31 heavy (non-hydrogen) atoms. The molecule has 0 N–H and O–H groups in total. The third-order valence-electron chi connectivity index (χ3n) is 4.83. The second-order valence-corrected chi connectivity index (χ2v) is 7.01. The molecule has 3 rings (SSSR count). The third kappa shape index (κ3) is 5.65. The van der Waals surface area contributed by atoms with E-state index in [1.165, 1.54) is 24.4 Å². The first-order valence-corrected chi connectivity index (χ1v) is 10.1. The summed E-state index contributed by atoms with van der Waals surface area (Å²) in [4.78, 5) is 18.9. The third-order valence-corrected chi connectivity index (χ3v) is 4.83. The lowest BCUT2D eigenvalue weighted by molar-refractivity contribution is -0.274. The largest absolute Gasteiger partial charge is 0.573 e. The van der Waals surface area contributed by atoms with Crippen LogP contribution in [-0.2, 0) is 0 Å². The lowest BCUT2D eigenvalue weighted by Crippen LogP contribution is -2.33. The summed E-state index contributed by atoms with van der Waals surface area (Å²) in [5, 5.41) is 0. The van der Waals surface area contributed by atoms with E-state index < -0.39 is 6.36 Å². The van der Waals surface area contributed by atoms with Gasteiger partial charge in [0.15, 0.2) is 0 Å². The summed E-state index contributed by atoms with van der Waals surface area (Å²) in [7, 11) is 0. The van der Waals surface area contributed by atoms with E-state index in [4.69, 9.17) is 0 Å². The number of hydrogen-bond donors (Lipinski definition) is 0. The minimum absolute atomic E-state index is 0.112. The van der Waals surface area contributed by atoms with Crippen molar-refractivity contribution in [3.63, 3.8) is 0 Å². The number of nitrogens with zero attached hydrogens (tertiary/aromatic N) is 3. The quantitative estimate of drug-likeness (QED) is 0.460. The zero-order valence-corrected chi connectivity index (χ0v) is 17.4. The standard InChI is InChI=1S/C23H24F3N3O2/c1-3-5-12-28(4-2)22(30)21-15-27-16-29(21)19-10-6-8-17(13-19)18-9-7-11-20(14-18)31-23(24,25)26/h6-11,13-16H,3-5,12H2,1-2H3. The summed E-state index contributed by atoms with van der Waals surface area (Å²) in [6, 6.07) is 13.0. The molecule has 164 valence electrons. The van der Waals surface area contributed by atoms with Crippen molar-refractivity contribution in [2.24, 2.45) is 0 Å². The Hall–Kier alpha value is -3.29. The molecule has 0 aliphatic rings. The molecule has 2 aromatic carbocycles. The predicted molar refractivity (Wildman–Crippen MR) is 112 cm³/mol. The number of unbranched alkanes of at least 4 members (excludes halogenated alkanes) is 1. The maximum absolute atomic E-state index is 13.0. The van der Waals surface area contributed by atoms with Crippen LogP contribution in [0.3, 0.4) is 0 Å². The minimum Gasteiger partial charge on any atom is -0.406 e. The summed E-state index contributed by atoms with van der Waals surface area (Å²) in [5.41, 5.74) is 2.38. The summed E-state index contributed by atoms with van der Waals surface area (Å²) in [5.74, 6) is -0.400. The predicted octanol–water partition coefficient (Wildman–Crippen LogP) is 5.70. The molecule has 3 aromatic rings. The summed E-state index contributed by atoms with van der Waals surface area (Å²) in [6.07, 6.45) is 0.238. The summed E-state index contributed by atoms with van der Waals surface area (Å²) < 4.78 is 43.4. The van der Waals surface area contributed by atoms with Gasteiger partial charge in [-0.15, -0.1) is 13.2 Å². The van der Waals surface area contributed by atoms with Gasteiger partial charge in [-0.2, -0.15) is 0 Å². The number of benzene rings is 2. The van der Waals surface area contributed by atoms with Gasteiger partial charge < -0.3 is 9.64 Å². The fraction of sp³-hybridized carbons (Fsp3) is 0.304. The van der Waals surface area contributed by atoms with E-state index in [-0.39, 0.29) is 11.7 Å². The number of ether oxygens (including phenoxy) is 1. The monoisotopic (exact) mass is 431 g/mol.